The van der Waals surface area contributed by atoms with E-state index >= 15 is 0 Å². The number of aromatic nitrogens is 4. The fourth-order valence-electron chi connectivity index (χ4n) is 3.75. The van der Waals surface area contributed by atoms with Crippen molar-refractivity contribution in [2.24, 2.45) is 0 Å². The van der Waals surface area contributed by atoms with Crippen LogP contribution in [0.1, 0.15) is 0 Å². The molecule has 0 aliphatic rings. The second-order valence-corrected chi connectivity index (χ2v) is 8.49. The molecule has 0 saturated carbocycles. The predicted molar refractivity (Wildman–Crippen MR) is 133 cm³/mol. The molecule has 9 heteroatoms. The van der Waals surface area contributed by atoms with Gasteiger partial charge in [-0.15, -0.1) is 10.2 Å². The number of fused-ring (bicyclic) bond motifs is 3. The Bertz CT molecular complexity index is 1540. The van der Waals surface area contributed by atoms with E-state index in [-0.39, 0.29) is 17.2 Å². The van der Waals surface area contributed by atoms with E-state index in [4.69, 9.17) is 4.74 Å². The minimum atomic E-state index is -0.197. The van der Waals surface area contributed by atoms with Crippen molar-refractivity contribution >= 4 is 40.0 Å². The Hall–Kier alpha value is -4.11. The average molecular weight is 472 g/mol. The van der Waals surface area contributed by atoms with Crippen molar-refractivity contribution in [1.29, 1.82) is 0 Å². The highest BCUT2D eigenvalue weighted by molar-refractivity contribution is 7.99. The summed E-state index contributed by atoms with van der Waals surface area (Å²) in [5.74, 6) is 1.16. The molecule has 0 bridgehead atoms. The number of benzene rings is 3. The van der Waals surface area contributed by atoms with E-state index in [1.807, 2.05) is 52.9 Å². The van der Waals surface area contributed by atoms with Gasteiger partial charge in [-0.05, 0) is 48.5 Å². The van der Waals surface area contributed by atoms with Gasteiger partial charge in [-0.25, -0.2) is 4.57 Å². The molecular weight excluding hydrogens is 450 g/mol. The molecule has 0 spiro atoms. The molecule has 170 valence electrons. The summed E-state index contributed by atoms with van der Waals surface area (Å²) < 4.78 is 8.59. The van der Waals surface area contributed by atoms with Gasteiger partial charge in [0.2, 0.25) is 11.7 Å². The minimum Gasteiger partial charge on any atom is -0.497 e. The number of anilines is 1. The van der Waals surface area contributed by atoms with Crippen LogP contribution in [0.4, 0.5) is 5.69 Å². The third-order valence-corrected chi connectivity index (χ3v) is 6.48. The van der Waals surface area contributed by atoms with Crippen LogP contribution in [0.3, 0.4) is 0 Å². The van der Waals surface area contributed by atoms with Crippen LogP contribution < -0.4 is 15.2 Å². The van der Waals surface area contributed by atoms with E-state index < -0.39 is 0 Å². The largest absolute Gasteiger partial charge is 0.497 e. The predicted octanol–water partition coefficient (Wildman–Crippen LogP) is 3.80. The monoisotopic (exact) mass is 471 g/mol. The van der Waals surface area contributed by atoms with E-state index in [0.717, 1.165) is 5.69 Å². The summed E-state index contributed by atoms with van der Waals surface area (Å²) in [6.07, 6.45) is 0. The van der Waals surface area contributed by atoms with Crippen LogP contribution in [0.2, 0.25) is 0 Å². The molecule has 34 heavy (non-hydrogen) atoms. The van der Waals surface area contributed by atoms with Gasteiger partial charge < -0.3 is 9.64 Å². The van der Waals surface area contributed by atoms with Gasteiger partial charge in [-0.1, -0.05) is 42.1 Å². The van der Waals surface area contributed by atoms with Gasteiger partial charge in [0.05, 0.1) is 29.5 Å². The number of carbonyl (C=O) groups is 1. The number of methoxy groups -OCH3 is 1. The summed E-state index contributed by atoms with van der Waals surface area (Å²) in [5.41, 5.74) is 1.95. The first-order chi connectivity index (χ1) is 16.6. The molecule has 0 saturated heterocycles. The molecular formula is C25H21N5O3S. The highest BCUT2D eigenvalue weighted by Gasteiger charge is 2.19. The van der Waals surface area contributed by atoms with Crippen LogP contribution in [0.25, 0.3) is 22.4 Å². The van der Waals surface area contributed by atoms with Gasteiger partial charge in [-0.3, -0.25) is 14.0 Å². The van der Waals surface area contributed by atoms with E-state index in [0.29, 0.717) is 33.3 Å². The highest BCUT2D eigenvalue weighted by atomic mass is 32.2. The zero-order valence-corrected chi connectivity index (χ0v) is 19.4. The fraction of sp³-hybridized carbons (Fsp3) is 0.120. The molecule has 0 fully saturated rings. The third kappa shape index (κ3) is 3.80. The van der Waals surface area contributed by atoms with Crippen molar-refractivity contribution in [3.63, 3.8) is 0 Å². The molecule has 0 unspecified atom stereocenters. The summed E-state index contributed by atoms with van der Waals surface area (Å²) >= 11 is 1.28. The van der Waals surface area contributed by atoms with Gasteiger partial charge in [0, 0.05) is 12.7 Å². The number of para-hydroxylation sites is 2. The van der Waals surface area contributed by atoms with Crippen molar-refractivity contribution in [3.8, 4) is 11.4 Å². The first-order valence-electron chi connectivity index (χ1n) is 10.6. The Morgan fingerprint density at radius 3 is 2.41 bits per heavy atom. The molecule has 5 rings (SSSR count). The quantitative estimate of drug-likeness (QED) is 0.351. The number of ether oxygens (including phenoxy) is 1. The third-order valence-electron chi connectivity index (χ3n) is 5.57. The zero-order chi connectivity index (χ0) is 23.7. The number of amides is 1. The Balaban J connectivity index is 1.57. The van der Waals surface area contributed by atoms with Crippen molar-refractivity contribution in [1.82, 2.24) is 19.2 Å². The van der Waals surface area contributed by atoms with E-state index in [9.17, 15) is 9.59 Å². The number of carbonyl (C=O) groups excluding carboxylic acids is 1. The van der Waals surface area contributed by atoms with Crippen molar-refractivity contribution in [2.45, 2.75) is 5.16 Å². The summed E-state index contributed by atoms with van der Waals surface area (Å²) in [5, 5.41) is 9.72. The van der Waals surface area contributed by atoms with E-state index in [2.05, 4.69) is 10.2 Å². The number of nitrogens with zero attached hydrogens (tertiary/aromatic N) is 5. The molecule has 0 N–H and O–H groups in total. The topological polar surface area (TPSA) is 81.7 Å². The maximum Gasteiger partial charge on any atom is 0.267 e. The normalized spacial score (nSPS) is 11.1. The first kappa shape index (κ1) is 21.7. The second-order valence-electron chi connectivity index (χ2n) is 7.55. The Morgan fingerprint density at radius 2 is 1.68 bits per heavy atom. The lowest BCUT2D eigenvalue weighted by Crippen LogP contribution is -2.28. The zero-order valence-electron chi connectivity index (χ0n) is 18.6. The van der Waals surface area contributed by atoms with Gasteiger partial charge in [0.25, 0.3) is 5.56 Å². The van der Waals surface area contributed by atoms with Crippen molar-refractivity contribution in [3.05, 3.63) is 89.2 Å². The first-order valence-corrected chi connectivity index (χ1v) is 11.5. The van der Waals surface area contributed by atoms with Gasteiger partial charge in [0.15, 0.2) is 5.16 Å². The van der Waals surface area contributed by atoms with E-state index in [1.54, 1.807) is 49.4 Å². The SMILES string of the molecule is COc1ccc(-n2c(=O)c3ccccc3n3c(SCC(=O)N(C)c4ccccc4)nnc23)cc1. The minimum absolute atomic E-state index is 0.0688. The maximum absolute atomic E-state index is 13.4. The Kier molecular flexibility index (Phi) is 5.77. The second kappa shape index (κ2) is 9.03. The number of thioether (sulfide) groups is 1. The number of hydrogen-bond donors (Lipinski definition) is 0. The number of rotatable bonds is 6. The summed E-state index contributed by atoms with van der Waals surface area (Å²) in [6.45, 7) is 0. The lowest BCUT2D eigenvalue weighted by atomic mass is 10.2. The van der Waals surface area contributed by atoms with Crippen molar-refractivity contribution in [2.75, 3.05) is 24.8 Å². The Labute approximate surface area is 199 Å². The molecule has 0 atom stereocenters. The van der Waals surface area contributed by atoms with Crippen LogP contribution in [0, 0.1) is 0 Å². The maximum atomic E-state index is 13.4. The van der Waals surface area contributed by atoms with Crippen LogP contribution >= 0.6 is 11.8 Å². The molecule has 2 heterocycles. The molecule has 2 aromatic heterocycles. The fourth-order valence-corrected chi connectivity index (χ4v) is 4.61. The Morgan fingerprint density at radius 1 is 0.971 bits per heavy atom. The van der Waals surface area contributed by atoms with Gasteiger partial charge in [0.1, 0.15) is 5.75 Å². The van der Waals surface area contributed by atoms with Gasteiger partial charge in [-0.2, -0.15) is 0 Å². The van der Waals surface area contributed by atoms with E-state index in [1.165, 1.54) is 16.3 Å². The summed E-state index contributed by atoms with van der Waals surface area (Å²) in [6, 6.07) is 24.0. The summed E-state index contributed by atoms with van der Waals surface area (Å²) in [7, 11) is 3.34. The molecule has 8 nitrogen and oxygen atoms in total. The molecule has 0 aliphatic heterocycles. The van der Waals surface area contributed by atoms with Crippen LogP contribution in [-0.4, -0.2) is 45.0 Å². The lowest BCUT2D eigenvalue weighted by Gasteiger charge is -2.16. The van der Waals surface area contributed by atoms with Crippen molar-refractivity contribution < 1.29 is 9.53 Å². The lowest BCUT2D eigenvalue weighted by molar-refractivity contribution is -0.115. The van der Waals surface area contributed by atoms with Crippen LogP contribution in [0.5, 0.6) is 5.75 Å². The molecule has 1 amide bonds. The van der Waals surface area contributed by atoms with Crippen LogP contribution in [0.15, 0.2) is 88.8 Å². The molecule has 3 aromatic carbocycles. The molecule has 5 aromatic rings. The highest BCUT2D eigenvalue weighted by Crippen LogP contribution is 2.24. The van der Waals surface area contributed by atoms with Crippen LogP contribution in [-0.2, 0) is 4.79 Å². The van der Waals surface area contributed by atoms with Gasteiger partial charge >= 0.3 is 0 Å². The number of hydrogen-bond acceptors (Lipinski definition) is 6. The molecule has 0 radical (unpaired) electrons. The standard InChI is InChI=1S/C25H21N5O3S/c1-28(17-8-4-3-5-9-17)22(31)16-34-25-27-26-24-29(18-12-14-19(33-2)15-13-18)23(32)20-10-6-7-11-21(20)30(24)25/h3-15H,16H2,1-2H3. The summed E-state index contributed by atoms with van der Waals surface area (Å²) in [4.78, 5) is 27.8. The average Bonchev–Trinajstić information content (AvgIpc) is 3.31. The smallest absolute Gasteiger partial charge is 0.267 e. The molecule has 0 aliphatic carbocycles.